The second-order valence-corrected chi connectivity index (χ2v) is 39.0. The number of sulfonamides is 1. The van der Waals surface area contributed by atoms with E-state index < -0.39 is 237 Å². The molecule has 18 rings (SSSR count). The fourth-order valence-electron chi connectivity index (χ4n) is 19.9. The first-order chi connectivity index (χ1) is 62.7. The Kier molecular flexibility index (Phi) is 28.9. The number of hydrogen-bond donors (Lipinski definition) is 21. The van der Waals surface area contributed by atoms with Gasteiger partial charge < -0.3 is 138 Å². The maximum Gasteiger partial charge on any atom is 0.248 e. The van der Waals surface area contributed by atoms with E-state index in [0.717, 1.165) is 81.7 Å². The Morgan fingerprint density at radius 1 is 0.705 bits per heavy atom. The number of carbonyl (C=O) groups is 8. The lowest BCUT2D eigenvalue weighted by Crippen LogP contribution is -2.64. The predicted octanol–water partition coefficient (Wildman–Crippen LogP) is 2.69. The van der Waals surface area contributed by atoms with Crippen molar-refractivity contribution in [1.29, 1.82) is 0 Å². The number of unbranched alkanes of at least 4 members (excludes halogenated alkanes) is 2. The number of halogens is 2. The van der Waals surface area contributed by atoms with E-state index in [1.165, 1.54) is 87.6 Å². The van der Waals surface area contributed by atoms with Crippen molar-refractivity contribution < 1.29 is 126 Å². The van der Waals surface area contributed by atoms with E-state index in [2.05, 4.69) is 59.5 Å². The van der Waals surface area contributed by atoms with Crippen LogP contribution in [0.1, 0.15) is 180 Å². The molecule has 6 aromatic carbocycles. The maximum atomic E-state index is 16.7. The number of aliphatic hydroxyl groups is 8. The van der Waals surface area contributed by atoms with Crippen molar-refractivity contribution in [2.24, 2.45) is 41.1 Å². The molecule has 12 aliphatic rings. The van der Waals surface area contributed by atoms with E-state index in [4.69, 9.17) is 67.8 Å². The molecular formula is C91H112Cl2N12O26S. The normalized spacial score (nSPS) is 30.2. The molecule has 7 heterocycles. The van der Waals surface area contributed by atoms with Gasteiger partial charge in [0.25, 0.3) is 0 Å². The van der Waals surface area contributed by atoms with Crippen LogP contribution in [0.15, 0.2) is 102 Å². The van der Waals surface area contributed by atoms with Crippen LogP contribution < -0.4 is 83.0 Å². The van der Waals surface area contributed by atoms with Crippen molar-refractivity contribution in [1.82, 2.24) is 52.6 Å². The summed E-state index contributed by atoms with van der Waals surface area (Å²) in [7, 11) is -2.67. The predicted molar refractivity (Wildman–Crippen MR) is 471 cm³/mol. The molecule has 6 aromatic rings. The fourth-order valence-corrected chi connectivity index (χ4v) is 21.3. The van der Waals surface area contributed by atoms with E-state index in [0.29, 0.717) is 24.2 Å². The number of likely N-dealkylation sites (N-methyl/N-ethyl adjacent to an activating group) is 1. The molecule has 132 heavy (non-hydrogen) atoms. The van der Waals surface area contributed by atoms with Crippen molar-refractivity contribution in [2.75, 3.05) is 33.4 Å². The molecule has 5 aliphatic carbocycles. The molecule has 0 radical (unpaired) electrons. The Hall–Kier alpha value is -9.99. The third-order valence-corrected chi connectivity index (χ3v) is 28.5. The van der Waals surface area contributed by atoms with Crippen LogP contribution in [0.4, 0.5) is 0 Å². The van der Waals surface area contributed by atoms with Crippen LogP contribution in [-0.2, 0) is 74.9 Å². The van der Waals surface area contributed by atoms with Crippen LogP contribution in [0, 0.1) is 29.6 Å². The molecule has 0 aromatic heterocycles. The minimum Gasteiger partial charge on any atom is -0.508 e. The summed E-state index contributed by atoms with van der Waals surface area (Å²) in [5, 5.41) is 134. The molecule has 6 fully saturated rings. The monoisotopic (exact) mass is 1890 g/mol. The summed E-state index contributed by atoms with van der Waals surface area (Å²) < 4.78 is 74.8. The van der Waals surface area contributed by atoms with Gasteiger partial charge in [-0.25, -0.2) is 13.1 Å². The van der Waals surface area contributed by atoms with Crippen LogP contribution in [0.5, 0.6) is 40.2 Å². The van der Waals surface area contributed by atoms with Crippen LogP contribution in [0.25, 0.3) is 11.1 Å². The molecule has 2 saturated heterocycles. The molecule has 18 atom stereocenters. The van der Waals surface area contributed by atoms with Gasteiger partial charge in [-0.3, -0.25) is 38.4 Å². The molecular weight excluding hydrogens is 1780 g/mol. The van der Waals surface area contributed by atoms with Gasteiger partial charge in [0.1, 0.15) is 89.8 Å². The van der Waals surface area contributed by atoms with Crippen molar-refractivity contribution in [2.45, 2.75) is 238 Å². The summed E-state index contributed by atoms with van der Waals surface area (Å²) in [6, 6.07) is 5.31. The zero-order valence-electron chi connectivity index (χ0n) is 73.1. The number of aliphatic hydroxyl groups excluding tert-OH is 6. The topological polar surface area (TPSA) is 590 Å². The van der Waals surface area contributed by atoms with Crippen LogP contribution >= 0.6 is 23.2 Å². The molecule has 4 saturated carbocycles. The van der Waals surface area contributed by atoms with E-state index in [1.807, 2.05) is 13.8 Å². The molecule has 712 valence electrons. The number of ether oxygens (including phenoxy) is 7. The van der Waals surface area contributed by atoms with Crippen molar-refractivity contribution >= 4 is 80.5 Å². The van der Waals surface area contributed by atoms with Gasteiger partial charge in [0, 0.05) is 54.3 Å². The summed E-state index contributed by atoms with van der Waals surface area (Å²) in [5.41, 5.74) is 8.24. The van der Waals surface area contributed by atoms with Crippen molar-refractivity contribution in [3.63, 3.8) is 0 Å². The first-order valence-electron chi connectivity index (χ1n) is 44.3. The quantitative estimate of drug-likeness (QED) is 0.0274. The number of rotatable bonds is 26. The van der Waals surface area contributed by atoms with Gasteiger partial charge in [0.05, 0.1) is 52.8 Å². The van der Waals surface area contributed by atoms with Gasteiger partial charge in [-0.2, -0.15) is 0 Å². The van der Waals surface area contributed by atoms with Gasteiger partial charge in [-0.1, -0.05) is 81.1 Å². The van der Waals surface area contributed by atoms with E-state index in [1.54, 1.807) is 0 Å². The van der Waals surface area contributed by atoms with E-state index in [9.17, 15) is 64.0 Å². The van der Waals surface area contributed by atoms with Crippen molar-refractivity contribution in [3.05, 3.63) is 152 Å². The lowest BCUT2D eigenvalue weighted by atomic mass is 9.54. The average Bonchev–Trinajstić information content (AvgIpc) is 1.54. The highest BCUT2D eigenvalue weighted by Crippen LogP contribution is 2.57. The fraction of sp³-hybridized carbons (Fsp3) is 0.516. The number of nitrogens with two attached hydrogens (primary N) is 2. The summed E-state index contributed by atoms with van der Waals surface area (Å²) in [6.07, 6.45) is -11.8. The smallest absolute Gasteiger partial charge is 0.248 e. The van der Waals surface area contributed by atoms with Gasteiger partial charge in [-0.15, -0.1) is 0 Å². The lowest BCUT2D eigenvalue weighted by Gasteiger charge is -2.54. The highest BCUT2D eigenvalue weighted by Gasteiger charge is 2.55. The number of primary amides is 1. The van der Waals surface area contributed by atoms with Crippen LogP contribution in [0.2, 0.25) is 10.0 Å². The first kappa shape index (κ1) is 96.6. The number of amides is 8. The summed E-state index contributed by atoms with van der Waals surface area (Å²) in [6.45, 7) is 7.31. The standard InChI is InChI=1S/C91H112Cl2N12O26S/c1-7-8-9-22-125-49-13-15-50(16-14-49)132(123,124)98-21-20-97-37-53-59(107)34-52-67-51-29-43(10-17-54(51)91(121,122)68(53)67)70-84(116)105-74(88(120)103-72(52)86(118)100-69-46-25-41-24-42(27-46)28-47(69)26-41)76(110)45-12-19-61(56(93)31-45)128-63-33-48-32-62(79(63)131-89-80(78(112)77(111)64(38-106)129-89)130-66-36-90(5,95)81(113)40(4)126-66)127-60-18-11-44(30-55(60)92)75(109)73(104-82(114)57(96-6)23-39(2)3)87(119)99-58(35-65(94)108)83(115)101-71(48)85(117)102-70/h10-19,29-34,39-42,46-47,57-58,64,66,69-78,80-81,89,96-98,106-107,109-113,121-122H,7-9,20-28,35-38,95H2,1-6H3,(H2,94,108)(H,99,119)(H,100,118)(H,101,115)(H,102,117)(H,103,120)(H,104,114)(H,105,116)/t40?,41?,42?,46?,47?,57?,58?,64?,66?,69?,70?,71?,72-,73?,74?,75?,76?,77?,78?,80?,81?,89?,90?/m0/s1. The highest BCUT2D eigenvalue weighted by molar-refractivity contribution is 7.89. The summed E-state index contributed by atoms with van der Waals surface area (Å²) in [4.78, 5) is 124. The summed E-state index contributed by atoms with van der Waals surface area (Å²) >= 11 is 14.5. The first-order valence-corrected chi connectivity index (χ1v) is 46.5. The van der Waals surface area contributed by atoms with Gasteiger partial charge in [0.15, 0.2) is 23.9 Å². The number of phenols is 1. The summed E-state index contributed by atoms with van der Waals surface area (Å²) in [5.74, 6) is -15.0. The average molecular weight is 1890 g/mol. The number of nitrogens with one attached hydrogen (secondary N) is 10. The second-order valence-electron chi connectivity index (χ2n) is 36.4. The molecule has 8 amide bonds. The lowest BCUT2D eigenvalue weighted by molar-refractivity contribution is -0.333. The Morgan fingerprint density at radius 2 is 1.33 bits per heavy atom. The number of phenolic OH excluding ortho intramolecular Hbond substituents is 1. The highest BCUT2D eigenvalue weighted by atomic mass is 35.5. The Labute approximate surface area is 770 Å². The van der Waals surface area contributed by atoms with Gasteiger partial charge in [0.2, 0.25) is 75.1 Å². The van der Waals surface area contributed by atoms with Crippen molar-refractivity contribution in [3.8, 4) is 51.4 Å². The second kappa shape index (κ2) is 39.5. The molecule has 38 nitrogen and oxygen atoms in total. The molecule has 23 N–H and O–H groups in total. The number of hydrogen-bond acceptors (Lipinski definition) is 29. The molecule has 15 bridgehead atoms. The Balaban J connectivity index is 0.895. The molecule has 7 aliphatic heterocycles. The Bertz CT molecular complexity index is 5500. The molecule has 17 unspecified atom stereocenters. The number of benzene rings is 6. The van der Waals surface area contributed by atoms with E-state index in [-0.39, 0.29) is 110 Å². The SMILES string of the molecule is CCCCCOc1ccc(S(=O)(=O)NCCNCc2c(O)cc3c4c2C(O)(O)c2ccc(cc2-4)C2NC(=O)C4NC(=O)C(CC(N)=O)NC(=O)C(NC(=O)C(CC(C)C)NC)C(O)c5ccc(c(Cl)c5)Oc5cc4cc(c5OC4OC(CO)C(O)C(O)C4OC4CC(C)(N)C(O)C(C)O4)Oc4ccc(cc4Cl)C(O)C(NC2=O)C(=O)N[C@@H]3C(=O)NC2C3CC4CC(C3)CC2C4)cc1. The maximum absolute atomic E-state index is 16.7. The number of aromatic hydroxyl groups is 1. The number of carbonyl (C=O) groups excluding carboxylic acids is 8. The third kappa shape index (κ3) is 20.1. The Morgan fingerprint density at radius 3 is 1.95 bits per heavy atom. The molecule has 0 spiro atoms. The third-order valence-electron chi connectivity index (χ3n) is 26.4. The van der Waals surface area contributed by atoms with Gasteiger partial charge >= 0.3 is 0 Å². The minimum absolute atomic E-state index is 0.0100. The van der Waals surface area contributed by atoms with Crippen LogP contribution in [0.3, 0.4) is 0 Å². The van der Waals surface area contributed by atoms with Crippen LogP contribution in [-0.4, -0.2) is 220 Å². The minimum atomic E-state index is -4.15. The zero-order valence-corrected chi connectivity index (χ0v) is 75.4. The van der Waals surface area contributed by atoms with Gasteiger partial charge in [-0.05, 0) is 207 Å². The van der Waals surface area contributed by atoms with E-state index >= 15 is 28.8 Å². The zero-order chi connectivity index (χ0) is 94.6. The largest absolute Gasteiger partial charge is 0.508 e. The number of fused-ring (bicyclic) bond motifs is 12. The molecule has 41 heteroatoms.